The summed E-state index contributed by atoms with van der Waals surface area (Å²) in [5.74, 6) is -5.74. The SMILES string of the molecule is C[C@]12CC[C@@H]3c4ccc(O)cc4C[C@@H](CCCCCCCCCS(=O)CCCC(F)(F)C(F)(F)F)[C@H]3[C@@H]1CC[C@@H]2O.C[C@]12CC[C@@H]3c4ccc(O)cc4C[C@@H](CCCCCCCCCS(=O)CCCC(F)(F)C(F)(F)F)[C@H]3[C@@H]1CC[C@@H]2O.C[C@]12CC[C@@H]3c4ccc(O)cc4C[C@@H](CCCCCCCCCS(=O)CCCC(F)(F)C(F)(F)F)[C@H]3[C@@H]1CC[C@@H]2O. The lowest BCUT2D eigenvalue weighted by Crippen LogP contribution is -2.47. The average Bonchev–Trinajstić information content (AvgIpc) is 1.65. The zero-order valence-electron chi connectivity index (χ0n) is 72.7. The lowest BCUT2D eigenvalue weighted by atomic mass is 9.52. The molecule has 27 heteroatoms. The van der Waals surface area contributed by atoms with Gasteiger partial charge in [0, 0.05) is 86.2 Å². The third-order valence-electron chi connectivity index (χ3n) is 31.7. The molecule has 0 aliphatic heterocycles. The maximum Gasteiger partial charge on any atom is 0.453 e. The van der Waals surface area contributed by atoms with Gasteiger partial charge in [0.1, 0.15) is 17.2 Å². The van der Waals surface area contributed by atoms with Crippen LogP contribution in [0.5, 0.6) is 17.2 Å². The number of rotatable bonds is 42. The predicted molar refractivity (Wildman–Crippen MR) is 458 cm³/mol. The van der Waals surface area contributed by atoms with Gasteiger partial charge in [-0.2, -0.15) is 65.9 Å². The van der Waals surface area contributed by atoms with E-state index in [1.165, 1.54) is 33.4 Å². The first-order valence-corrected chi connectivity index (χ1v) is 51.3. The number of aliphatic hydroxyl groups is 3. The van der Waals surface area contributed by atoms with Crippen molar-refractivity contribution in [3.8, 4) is 17.2 Å². The van der Waals surface area contributed by atoms with Gasteiger partial charge in [0.2, 0.25) is 0 Å². The van der Waals surface area contributed by atoms with Crippen LogP contribution in [0.1, 0.15) is 342 Å². The van der Waals surface area contributed by atoms with Gasteiger partial charge in [-0.1, -0.05) is 155 Å². The van der Waals surface area contributed by atoms with Gasteiger partial charge in [0.25, 0.3) is 0 Å². The predicted octanol–water partition coefficient (Wildman–Crippen LogP) is 26.0. The number of hydrogen-bond donors (Lipinski definition) is 6. The lowest BCUT2D eigenvalue weighted by Gasteiger charge is -2.53. The highest BCUT2D eigenvalue weighted by Crippen LogP contribution is 2.67. The largest absolute Gasteiger partial charge is 0.508 e. The minimum absolute atomic E-state index is 0.0195. The van der Waals surface area contributed by atoms with Gasteiger partial charge in [-0.05, 0) is 311 Å². The number of alkyl halides is 15. The number of phenols is 3. The van der Waals surface area contributed by atoms with E-state index in [2.05, 4.69) is 39.0 Å². The van der Waals surface area contributed by atoms with Gasteiger partial charge in [-0.15, -0.1) is 0 Å². The van der Waals surface area contributed by atoms with Gasteiger partial charge in [0.15, 0.2) is 0 Å². The van der Waals surface area contributed by atoms with E-state index < -0.39 is 107 Å². The number of fused-ring (bicyclic) bond motifs is 15. The first kappa shape index (κ1) is 101. The maximum atomic E-state index is 13.0. The van der Waals surface area contributed by atoms with Crippen LogP contribution in [-0.2, 0) is 51.7 Å². The fourth-order valence-corrected chi connectivity index (χ4v) is 28.4. The lowest BCUT2D eigenvalue weighted by molar-refractivity contribution is -0.284. The smallest absolute Gasteiger partial charge is 0.453 e. The molecule has 0 bridgehead atoms. The molecule has 0 saturated heterocycles. The van der Waals surface area contributed by atoms with Crippen molar-refractivity contribution in [3.05, 3.63) is 88.0 Å². The molecule has 702 valence electrons. The summed E-state index contributed by atoms with van der Waals surface area (Å²) < 4.78 is 224. The molecule has 0 spiro atoms. The molecule has 0 amide bonds. The van der Waals surface area contributed by atoms with E-state index in [-0.39, 0.29) is 51.8 Å². The molecule has 6 saturated carbocycles. The van der Waals surface area contributed by atoms with Crippen molar-refractivity contribution in [2.45, 2.75) is 382 Å². The molecule has 0 radical (unpaired) electrons. The highest BCUT2D eigenvalue weighted by atomic mass is 32.2. The van der Waals surface area contributed by atoms with E-state index in [1.54, 1.807) is 0 Å². The fraction of sp³-hybridized carbons (Fsp3) is 0.812. The normalized spacial score (nSPS) is 30.5. The van der Waals surface area contributed by atoms with E-state index in [0.29, 0.717) is 125 Å². The second-order valence-electron chi connectivity index (χ2n) is 39.6. The van der Waals surface area contributed by atoms with Crippen molar-refractivity contribution in [1.29, 1.82) is 0 Å². The van der Waals surface area contributed by atoms with E-state index in [4.69, 9.17) is 0 Å². The number of unbranched alkanes of at least 4 members (excludes halogenated alkanes) is 18. The number of aromatic hydroxyl groups is 3. The Hall–Kier alpha value is -3.66. The summed E-state index contributed by atoms with van der Waals surface area (Å²) in [6.07, 6.45) is 17.9. The molecule has 3 aromatic carbocycles. The molecule has 0 heterocycles. The molecular weight excluding hydrogens is 1680 g/mol. The Labute approximate surface area is 728 Å². The molecule has 9 aliphatic carbocycles. The van der Waals surface area contributed by atoms with Crippen LogP contribution in [0.4, 0.5) is 65.9 Å². The monoisotopic (exact) mass is 1820 g/mol. The zero-order valence-corrected chi connectivity index (χ0v) is 75.2. The van der Waals surface area contributed by atoms with E-state index in [0.717, 1.165) is 231 Å². The molecule has 21 atom stereocenters. The van der Waals surface area contributed by atoms with Crippen molar-refractivity contribution < 1.29 is 109 Å². The van der Waals surface area contributed by atoms with Crippen LogP contribution in [0, 0.1) is 69.5 Å². The van der Waals surface area contributed by atoms with E-state index >= 15 is 0 Å². The second-order valence-corrected chi connectivity index (χ2v) is 44.7. The summed E-state index contributed by atoms with van der Waals surface area (Å²) in [5, 5.41) is 62.9. The molecule has 3 aromatic rings. The number of hydrogen-bond acceptors (Lipinski definition) is 9. The Morgan fingerprint density at radius 3 is 0.764 bits per heavy atom. The zero-order chi connectivity index (χ0) is 89.5. The van der Waals surface area contributed by atoms with Crippen molar-refractivity contribution in [2.75, 3.05) is 34.5 Å². The first-order chi connectivity index (χ1) is 58.0. The number of benzene rings is 3. The third kappa shape index (κ3) is 26.0. The molecule has 0 aromatic heterocycles. The van der Waals surface area contributed by atoms with Gasteiger partial charge >= 0.3 is 36.3 Å². The second kappa shape index (κ2) is 44.5. The van der Waals surface area contributed by atoms with Crippen molar-refractivity contribution in [2.24, 2.45) is 69.5 Å². The Balaban J connectivity index is 0.000000193. The van der Waals surface area contributed by atoms with Gasteiger partial charge in [-0.3, -0.25) is 12.6 Å². The molecule has 9 aliphatic rings. The summed E-state index contributed by atoms with van der Waals surface area (Å²) in [4.78, 5) is 0. The van der Waals surface area contributed by atoms with Crippen molar-refractivity contribution >= 4 is 32.4 Å². The van der Waals surface area contributed by atoms with Crippen LogP contribution in [0.2, 0.25) is 0 Å². The summed E-state index contributed by atoms with van der Waals surface area (Å²) in [7, 11) is -4.06. The molecule has 6 fully saturated rings. The molecule has 123 heavy (non-hydrogen) atoms. The average molecular weight is 1820 g/mol. The number of phenolic OH excluding ortho intramolecular Hbond substituents is 3. The molecule has 9 nitrogen and oxygen atoms in total. The number of aliphatic hydroxyl groups excluding tert-OH is 3. The topological polar surface area (TPSA) is 173 Å². The maximum absolute atomic E-state index is 13.0. The highest BCUT2D eigenvalue weighted by Gasteiger charge is 2.62. The molecule has 3 unspecified atom stereocenters. The van der Waals surface area contributed by atoms with Crippen LogP contribution >= 0.6 is 0 Å². The number of halogens is 15. The Kier molecular flexibility index (Phi) is 36.7. The summed E-state index contributed by atoms with van der Waals surface area (Å²) >= 11 is 0. The molecule has 6 N–H and O–H groups in total. The van der Waals surface area contributed by atoms with Crippen LogP contribution < -0.4 is 0 Å². The molecule has 12 rings (SSSR count). The standard InChI is InChI=1S/3C32H47F5O3S/c3*1-30-17-15-26-25-12-11-24(38)21-23(25)20-22(29(26)27(30)13-14-28(30)39)10-7-5-3-2-4-6-8-18-41(40)19-9-16-31(33,34)32(35,36)37/h3*11-12,21-22,26-29,38-39H,2-10,13-20H2,1H3/t3*22-,26-,27+,28+,29-,30+,41?/m111/s1. The summed E-state index contributed by atoms with van der Waals surface area (Å²) in [6.45, 7) is 6.91. The Morgan fingerprint density at radius 2 is 0.528 bits per heavy atom. The minimum Gasteiger partial charge on any atom is -0.508 e. The quantitative estimate of drug-likeness (QED) is 0.0238. The Bertz CT molecular complexity index is 3480. The van der Waals surface area contributed by atoms with Gasteiger partial charge in [0.05, 0.1) is 18.3 Å². The van der Waals surface area contributed by atoms with Crippen molar-refractivity contribution in [3.63, 3.8) is 0 Å². The molecular formula is C96H141F15O9S3. The van der Waals surface area contributed by atoms with Crippen LogP contribution in [0.3, 0.4) is 0 Å². The highest BCUT2D eigenvalue weighted by molar-refractivity contribution is 7.85. The van der Waals surface area contributed by atoms with E-state index in [9.17, 15) is 109 Å². The van der Waals surface area contributed by atoms with Crippen LogP contribution in [-0.4, -0.2) is 132 Å². The van der Waals surface area contributed by atoms with Crippen LogP contribution in [0.25, 0.3) is 0 Å². The van der Waals surface area contributed by atoms with Gasteiger partial charge < -0.3 is 30.6 Å². The third-order valence-corrected chi connectivity index (χ3v) is 36.1. The van der Waals surface area contributed by atoms with E-state index in [1.807, 2.05) is 36.4 Å². The minimum atomic E-state index is -5.54. The summed E-state index contributed by atoms with van der Waals surface area (Å²) in [6, 6.07) is 17.8. The fourth-order valence-electron chi connectivity index (χ4n) is 24.9. The first-order valence-electron chi connectivity index (χ1n) is 46.9. The van der Waals surface area contributed by atoms with Crippen LogP contribution in [0.15, 0.2) is 54.6 Å². The van der Waals surface area contributed by atoms with Gasteiger partial charge in [-0.25, -0.2) is 0 Å². The summed E-state index contributed by atoms with van der Waals surface area (Å²) in [5.41, 5.74) is 8.18. The Morgan fingerprint density at radius 1 is 0.309 bits per heavy atom. The van der Waals surface area contributed by atoms with Crippen molar-refractivity contribution in [1.82, 2.24) is 0 Å².